The van der Waals surface area contributed by atoms with E-state index >= 15 is 0 Å². The Morgan fingerprint density at radius 3 is 2.69 bits per heavy atom. The number of rotatable bonds is 5. The number of nitrogens with zero attached hydrogens (tertiary/aromatic N) is 3. The molecule has 1 aromatic rings. The molecule has 0 amide bonds. The van der Waals surface area contributed by atoms with Crippen LogP contribution in [0.2, 0.25) is 0 Å². The van der Waals surface area contributed by atoms with E-state index < -0.39 is 0 Å². The quantitative estimate of drug-likeness (QED) is 0.430. The molecule has 0 spiro atoms. The fourth-order valence-corrected chi connectivity index (χ4v) is 1.86. The number of nitro groups is 1. The number of aromatic nitrogens is 2. The topological polar surface area (TPSA) is 73.5 Å². The smallest absolute Gasteiger partial charge is 0.313 e. The van der Waals surface area contributed by atoms with Gasteiger partial charge < -0.3 is 4.74 Å². The van der Waals surface area contributed by atoms with Gasteiger partial charge in [0.1, 0.15) is 17.5 Å². The van der Waals surface area contributed by atoms with Crippen molar-refractivity contribution in [3.05, 3.63) is 21.5 Å². The molecule has 0 saturated carbocycles. The standard InChI is InChI=1S/C10H15N3O3/c1-3-8-10(13(14)15)9(4-2)12(11-8)5-7-6-16-7/h7H,3-6H2,1-2H3. The summed E-state index contributed by atoms with van der Waals surface area (Å²) in [7, 11) is 0. The molecule has 0 radical (unpaired) electrons. The fourth-order valence-electron chi connectivity index (χ4n) is 1.86. The fraction of sp³-hybridized carbons (Fsp3) is 0.700. The van der Waals surface area contributed by atoms with Gasteiger partial charge in [0.25, 0.3) is 0 Å². The van der Waals surface area contributed by atoms with E-state index in [2.05, 4.69) is 5.10 Å². The van der Waals surface area contributed by atoms with Crippen LogP contribution in [0.4, 0.5) is 5.69 Å². The van der Waals surface area contributed by atoms with Crippen LogP contribution in [0.25, 0.3) is 0 Å². The zero-order valence-electron chi connectivity index (χ0n) is 9.47. The summed E-state index contributed by atoms with van der Waals surface area (Å²) in [6.07, 6.45) is 1.40. The van der Waals surface area contributed by atoms with Gasteiger partial charge in [0.05, 0.1) is 18.1 Å². The minimum atomic E-state index is -0.324. The average molecular weight is 225 g/mol. The van der Waals surface area contributed by atoms with Crippen LogP contribution in [0.3, 0.4) is 0 Å². The van der Waals surface area contributed by atoms with Crippen molar-refractivity contribution < 1.29 is 9.66 Å². The first-order valence-corrected chi connectivity index (χ1v) is 5.51. The second-order valence-electron chi connectivity index (χ2n) is 3.84. The van der Waals surface area contributed by atoms with Crippen LogP contribution in [0, 0.1) is 10.1 Å². The van der Waals surface area contributed by atoms with E-state index in [-0.39, 0.29) is 16.7 Å². The summed E-state index contributed by atoms with van der Waals surface area (Å²) < 4.78 is 6.86. The van der Waals surface area contributed by atoms with Gasteiger partial charge in [-0.15, -0.1) is 0 Å². The van der Waals surface area contributed by atoms with Crippen molar-refractivity contribution in [2.24, 2.45) is 0 Å². The summed E-state index contributed by atoms with van der Waals surface area (Å²) in [5.74, 6) is 0. The zero-order valence-corrected chi connectivity index (χ0v) is 9.47. The van der Waals surface area contributed by atoms with Gasteiger partial charge in [-0.2, -0.15) is 5.10 Å². The average Bonchev–Trinajstić information content (AvgIpc) is 2.97. The first-order chi connectivity index (χ1) is 7.67. The van der Waals surface area contributed by atoms with Gasteiger partial charge in [0.2, 0.25) is 0 Å². The minimum absolute atomic E-state index is 0.186. The number of epoxide rings is 1. The van der Waals surface area contributed by atoms with Crippen LogP contribution in [0.15, 0.2) is 0 Å². The predicted octanol–water partition coefficient (Wildman–Crippen LogP) is 1.31. The molecule has 0 aliphatic carbocycles. The van der Waals surface area contributed by atoms with Crippen molar-refractivity contribution in [1.82, 2.24) is 9.78 Å². The van der Waals surface area contributed by atoms with E-state index in [0.717, 1.165) is 6.61 Å². The summed E-state index contributed by atoms with van der Waals surface area (Å²) in [5.41, 5.74) is 1.46. The molecule has 1 saturated heterocycles. The van der Waals surface area contributed by atoms with Crippen LogP contribution in [0.1, 0.15) is 25.2 Å². The first-order valence-electron chi connectivity index (χ1n) is 5.51. The minimum Gasteiger partial charge on any atom is -0.371 e. The van der Waals surface area contributed by atoms with Crippen molar-refractivity contribution in [1.29, 1.82) is 0 Å². The van der Waals surface area contributed by atoms with Gasteiger partial charge in [0.15, 0.2) is 0 Å². The van der Waals surface area contributed by atoms with E-state index in [9.17, 15) is 10.1 Å². The molecule has 1 fully saturated rings. The number of ether oxygens (including phenoxy) is 1. The molecule has 2 heterocycles. The lowest BCUT2D eigenvalue weighted by Crippen LogP contribution is -2.09. The zero-order chi connectivity index (χ0) is 11.7. The summed E-state index contributed by atoms with van der Waals surface area (Å²) in [6.45, 7) is 5.16. The van der Waals surface area contributed by atoms with Crippen molar-refractivity contribution in [3.63, 3.8) is 0 Å². The van der Waals surface area contributed by atoms with Crippen LogP contribution >= 0.6 is 0 Å². The molecule has 0 N–H and O–H groups in total. The molecule has 1 atom stereocenters. The molecule has 1 aliphatic rings. The third-order valence-electron chi connectivity index (χ3n) is 2.73. The summed E-state index contributed by atoms with van der Waals surface area (Å²) >= 11 is 0. The monoisotopic (exact) mass is 225 g/mol. The van der Waals surface area contributed by atoms with Gasteiger partial charge in [-0.25, -0.2) is 0 Å². The van der Waals surface area contributed by atoms with E-state index in [1.165, 1.54) is 0 Å². The van der Waals surface area contributed by atoms with Crippen LogP contribution in [-0.4, -0.2) is 27.4 Å². The number of hydrogen-bond donors (Lipinski definition) is 0. The molecular weight excluding hydrogens is 210 g/mol. The molecular formula is C10H15N3O3. The maximum absolute atomic E-state index is 11.0. The Morgan fingerprint density at radius 1 is 1.56 bits per heavy atom. The molecule has 1 aromatic heterocycles. The van der Waals surface area contributed by atoms with E-state index in [0.29, 0.717) is 30.8 Å². The van der Waals surface area contributed by atoms with Crippen molar-refractivity contribution in [2.45, 2.75) is 39.3 Å². The lowest BCUT2D eigenvalue weighted by molar-refractivity contribution is -0.386. The highest BCUT2D eigenvalue weighted by atomic mass is 16.6. The largest absolute Gasteiger partial charge is 0.371 e. The first kappa shape index (κ1) is 11.1. The van der Waals surface area contributed by atoms with Gasteiger partial charge in [-0.3, -0.25) is 14.8 Å². The summed E-state index contributed by atoms with van der Waals surface area (Å²) in [6, 6.07) is 0. The summed E-state index contributed by atoms with van der Waals surface area (Å²) in [4.78, 5) is 10.7. The number of hydrogen-bond acceptors (Lipinski definition) is 4. The lowest BCUT2D eigenvalue weighted by Gasteiger charge is -2.01. The second-order valence-corrected chi connectivity index (χ2v) is 3.84. The lowest BCUT2D eigenvalue weighted by atomic mass is 10.2. The Kier molecular flexibility index (Phi) is 2.91. The van der Waals surface area contributed by atoms with Gasteiger partial charge in [-0.1, -0.05) is 13.8 Å². The van der Waals surface area contributed by atoms with E-state index in [1.807, 2.05) is 13.8 Å². The molecule has 2 rings (SSSR count). The maximum atomic E-state index is 11.0. The Morgan fingerprint density at radius 2 is 2.25 bits per heavy atom. The van der Waals surface area contributed by atoms with Gasteiger partial charge in [0, 0.05) is 0 Å². The van der Waals surface area contributed by atoms with Gasteiger partial charge in [-0.05, 0) is 12.8 Å². The predicted molar refractivity (Wildman–Crippen MR) is 57.4 cm³/mol. The van der Waals surface area contributed by atoms with Gasteiger partial charge >= 0.3 is 5.69 Å². The Labute approximate surface area is 93.4 Å². The normalized spacial score (nSPS) is 18.8. The third-order valence-corrected chi connectivity index (χ3v) is 2.73. The van der Waals surface area contributed by atoms with E-state index in [1.54, 1.807) is 4.68 Å². The Bertz CT molecular complexity index is 410. The molecule has 0 bridgehead atoms. The van der Waals surface area contributed by atoms with Crippen molar-refractivity contribution in [3.8, 4) is 0 Å². The Balaban J connectivity index is 2.39. The maximum Gasteiger partial charge on any atom is 0.313 e. The second kappa shape index (κ2) is 4.21. The number of aryl methyl sites for hydroxylation is 1. The van der Waals surface area contributed by atoms with Crippen molar-refractivity contribution >= 4 is 5.69 Å². The van der Waals surface area contributed by atoms with Crippen LogP contribution < -0.4 is 0 Å². The molecule has 16 heavy (non-hydrogen) atoms. The van der Waals surface area contributed by atoms with Crippen LogP contribution in [0.5, 0.6) is 0 Å². The highest BCUT2D eigenvalue weighted by molar-refractivity contribution is 5.41. The highest BCUT2D eigenvalue weighted by Gasteiger charge is 2.29. The van der Waals surface area contributed by atoms with Crippen molar-refractivity contribution in [2.75, 3.05) is 6.61 Å². The highest BCUT2D eigenvalue weighted by Crippen LogP contribution is 2.26. The third kappa shape index (κ3) is 1.92. The molecule has 1 aliphatic heterocycles. The van der Waals surface area contributed by atoms with E-state index in [4.69, 9.17) is 4.74 Å². The SMILES string of the molecule is CCc1nn(CC2CO2)c(CC)c1[N+](=O)[O-]. The van der Waals surface area contributed by atoms with Crippen LogP contribution in [-0.2, 0) is 24.1 Å². The molecule has 6 nitrogen and oxygen atoms in total. The molecule has 6 heteroatoms. The Hall–Kier alpha value is -1.43. The molecule has 0 aromatic carbocycles. The summed E-state index contributed by atoms with van der Waals surface area (Å²) in [5, 5.41) is 15.3. The molecule has 88 valence electrons. The molecule has 1 unspecified atom stereocenters.